The molecule has 0 amide bonds. The topological polar surface area (TPSA) is 104 Å². The minimum atomic E-state index is -4.10. The molecule has 7 nitrogen and oxygen atoms in total. The molecule has 0 aliphatic heterocycles. The first-order chi connectivity index (χ1) is 9.87. The van der Waals surface area contributed by atoms with Crippen molar-refractivity contribution < 1.29 is 17.7 Å². The molecule has 0 bridgehead atoms. The summed E-state index contributed by atoms with van der Waals surface area (Å²) in [7, 11) is -4.10. The Labute approximate surface area is 120 Å². The third-order valence-corrected chi connectivity index (χ3v) is 5.10. The molecule has 1 aromatic rings. The number of nitrogens with zero attached hydrogens (tertiary/aromatic N) is 3. The van der Waals surface area contributed by atoms with E-state index in [0.717, 1.165) is 16.4 Å². The molecule has 1 fully saturated rings. The van der Waals surface area contributed by atoms with Gasteiger partial charge in [-0.2, -0.15) is 9.57 Å². The first kappa shape index (κ1) is 15.3. The molecule has 0 atom stereocenters. The molecule has 0 unspecified atom stereocenters. The molecule has 1 aliphatic carbocycles. The van der Waals surface area contributed by atoms with Crippen molar-refractivity contribution in [1.29, 1.82) is 5.26 Å². The van der Waals surface area contributed by atoms with Gasteiger partial charge in [0, 0.05) is 25.1 Å². The van der Waals surface area contributed by atoms with Crippen molar-refractivity contribution in [2.75, 3.05) is 6.54 Å². The highest BCUT2D eigenvalue weighted by Crippen LogP contribution is 2.33. The average molecular weight is 313 g/mol. The Hall–Kier alpha value is -2.05. The lowest BCUT2D eigenvalue weighted by Crippen LogP contribution is -2.34. The van der Waals surface area contributed by atoms with Gasteiger partial charge in [-0.1, -0.05) is 0 Å². The Morgan fingerprint density at radius 2 is 2.14 bits per heavy atom. The molecule has 1 aromatic carbocycles. The van der Waals surface area contributed by atoms with Gasteiger partial charge in [-0.25, -0.2) is 12.8 Å². The van der Waals surface area contributed by atoms with Crippen LogP contribution in [0.25, 0.3) is 0 Å². The second-order valence-corrected chi connectivity index (χ2v) is 6.49. The minimum absolute atomic E-state index is 0.00430. The van der Waals surface area contributed by atoms with Crippen LogP contribution in [0.1, 0.15) is 19.3 Å². The van der Waals surface area contributed by atoms with Crippen LogP contribution in [0, 0.1) is 27.3 Å². The lowest BCUT2D eigenvalue weighted by molar-refractivity contribution is -0.385. The lowest BCUT2D eigenvalue weighted by Gasteiger charge is -2.20. The van der Waals surface area contributed by atoms with E-state index in [1.165, 1.54) is 0 Å². The maximum absolute atomic E-state index is 13.9. The van der Waals surface area contributed by atoms with Gasteiger partial charge in [-0.3, -0.25) is 10.1 Å². The summed E-state index contributed by atoms with van der Waals surface area (Å²) in [5, 5.41) is 19.1. The summed E-state index contributed by atoms with van der Waals surface area (Å²) in [5.41, 5.74) is -0.513. The molecular formula is C12H12FN3O4S. The number of halogens is 1. The van der Waals surface area contributed by atoms with Crippen LogP contribution >= 0.6 is 0 Å². The third-order valence-electron chi connectivity index (χ3n) is 3.11. The van der Waals surface area contributed by atoms with E-state index in [4.69, 9.17) is 5.26 Å². The molecular weight excluding hydrogens is 301 g/mol. The smallest absolute Gasteiger partial charge is 0.258 e. The van der Waals surface area contributed by atoms with Crippen molar-refractivity contribution in [3.63, 3.8) is 0 Å². The zero-order valence-electron chi connectivity index (χ0n) is 10.9. The van der Waals surface area contributed by atoms with E-state index >= 15 is 0 Å². The first-order valence-electron chi connectivity index (χ1n) is 6.20. The summed E-state index contributed by atoms with van der Waals surface area (Å²) in [5.74, 6) is -1.16. The molecule has 2 rings (SSSR count). The zero-order valence-corrected chi connectivity index (χ0v) is 11.7. The van der Waals surface area contributed by atoms with Crippen molar-refractivity contribution in [2.45, 2.75) is 30.2 Å². The fourth-order valence-electron chi connectivity index (χ4n) is 1.96. The zero-order chi connectivity index (χ0) is 15.6. The molecule has 0 N–H and O–H groups in total. The summed E-state index contributed by atoms with van der Waals surface area (Å²) >= 11 is 0. The number of nitro benzene ring substituents is 1. The molecule has 1 saturated carbocycles. The minimum Gasteiger partial charge on any atom is -0.258 e. The highest BCUT2D eigenvalue weighted by Gasteiger charge is 2.39. The highest BCUT2D eigenvalue weighted by molar-refractivity contribution is 7.89. The van der Waals surface area contributed by atoms with Gasteiger partial charge in [0.05, 0.1) is 17.1 Å². The van der Waals surface area contributed by atoms with E-state index in [-0.39, 0.29) is 19.0 Å². The predicted octanol–water partition coefficient (Wildman–Crippen LogP) is 1.80. The Bertz CT molecular complexity index is 710. The van der Waals surface area contributed by atoms with Crippen molar-refractivity contribution in [3.8, 4) is 6.07 Å². The van der Waals surface area contributed by atoms with Gasteiger partial charge in [-0.05, 0) is 18.9 Å². The number of non-ortho nitro benzene ring substituents is 1. The maximum atomic E-state index is 13.9. The van der Waals surface area contributed by atoms with Gasteiger partial charge >= 0.3 is 0 Å². The van der Waals surface area contributed by atoms with Crippen LogP contribution in [0.15, 0.2) is 23.1 Å². The van der Waals surface area contributed by atoms with Crippen molar-refractivity contribution >= 4 is 15.7 Å². The lowest BCUT2D eigenvalue weighted by atomic mass is 10.3. The average Bonchev–Trinajstić information content (AvgIpc) is 3.23. The Morgan fingerprint density at radius 1 is 1.48 bits per heavy atom. The maximum Gasteiger partial charge on any atom is 0.272 e. The van der Waals surface area contributed by atoms with E-state index in [2.05, 4.69) is 0 Å². The number of hydrogen-bond acceptors (Lipinski definition) is 5. The van der Waals surface area contributed by atoms with Crippen LogP contribution in [0.2, 0.25) is 0 Å². The molecule has 1 aliphatic rings. The number of nitro groups is 1. The van der Waals surface area contributed by atoms with Crippen LogP contribution in [0.4, 0.5) is 10.1 Å². The highest BCUT2D eigenvalue weighted by atomic mass is 32.2. The summed E-state index contributed by atoms with van der Waals surface area (Å²) < 4.78 is 39.9. The van der Waals surface area contributed by atoms with Crippen LogP contribution in [-0.4, -0.2) is 30.2 Å². The Morgan fingerprint density at radius 3 is 2.62 bits per heavy atom. The van der Waals surface area contributed by atoms with Crippen LogP contribution < -0.4 is 0 Å². The van der Waals surface area contributed by atoms with Gasteiger partial charge < -0.3 is 0 Å². The normalized spacial score (nSPS) is 14.9. The van der Waals surface area contributed by atoms with Crippen LogP contribution in [0.3, 0.4) is 0 Å². The number of sulfonamides is 1. The Balaban J connectivity index is 2.38. The van der Waals surface area contributed by atoms with Crippen molar-refractivity contribution in [1.82, 2.24) is 4.31 Å². The summed E-state index contributed by atoms with van der Waals surface area (Å²) in [6.45, 7) is -0.0140. The Kier molecular flexibility index (Phi) is 4.20. The first-order valence-corrected chi connectivity index (χ1v) is 7.64. The van der Waals surface area contributed by atoms with Gasteiger partial charge in [0.15, 0.2) is 0 Å². The van der Waals surface area contributed by atoms with Crippen molar-refractivity contribution in [2.24, 2.45) is 0 Å². The van der Waals surface area contributed by atoms with E-state index in [9.17, 15) is 22.9 Å². The van der Waals surface area contributed by atoms with Gasteiger partial charge in [0.2, 0.25) is 10.0 Å². The number of nitriles is 1. The fourth-order valence-corrected chi connectivity index (χ4v) is 3.69. The van der Waals surface area contributed by atoms with Crippen LogP contribution in [0.5, 0.6) is 0 Å². The van der Waals surface area contributed by atoms with Crippen molar-refractivity contribution in [3.05, 3.63) is 34.1 Å². The van der Waals surface area contributed by atoms with E-state index < -0.39 is 31.3 Å². The van der Waals surface area contributed by atoms with Gasteiger partial charge in [0.1, 0.15) is 10.7 Å². The number of hydrogen-bond donors (Lipinski definition) is 0. The van der Waals surface area contributed by atoms with Crippen LogP contribution in [-0.2, 0) is 10.0 Å². The molecule has 21 heavy (non-hydrogen) atoms. The summed E-state index contributed by atoms with van der Waals surface area (Å²) in [6.07, 6.45) is 1.34. The van der Waals surface area contributed by atoms with E-state index in [1.807, 2.05) is 6.07 Å². The summed E-state index contributed by atoms with van der Waals surface area (Å²) in [6, 6.07) is 4.06. The second kappa shape index (κ2) is 5.75. The van der Waals surface area contributed by atoms with E-state index in [1.54, 1.807) is 0 Å². The van der Waals surface area contributed by atoms with E-state index in [0.29, 0.717) is 18.9 Å². The molecule has 0 saturated heterocycles. The predicted molar refractivity (Wildman–Crippen MR) is 70.2 cm³/mol. The molecule has 0 aromatic heterocycles. The fraction of sp³-hybridized carbons (Fsp3) is 0.417. The monoisotopic (exact) mass is 313 g/mol. The SMILES string of the molecule is N#CCCN(C1CC1)S(=O)(=O)c1ccc([N+](=O)[O-])cc1F. The quantitative estimate of drug-likeness (QED) is 0.588. The molecule has 9 heteroatoms. The number of benzene rings is 1. The molecule has 0 heterocycles. The molecule has 112 valence electrons. The number of rotatable bonds is 6. The standard InChI is InChI=1S/C12H12FN3O4S/c13-11-8-10(16(17)18)4-5-12(11)21(19,20)15(7-1-6-14)9-2-3-9/h4-5,8-9H,1-3,7H2. The largest absolute Gasteiger partial charge is 0.272 e. The summed E-state index contributed by atoms with van der Waals surface area (Å²) in [4.78, 5) is 9.15. The third kappa shape index (κ3) is 3.17. The van der Waals surface area contributed by atoms with Gasteiger partial charge in [0.25, 0.3) is 5.69 Å². The van der Waals surface area contributed by atoms with Gasteiger partial charge in [-0.15, -0.1) is 0 Å². The molecule has 0 radical (unpaired) electrons. The molecule has 0 spiro atoms. The second-order valence-electron chi connectivity index (χ2n) is 4.63.